The van der Waals surface area contributed by atoms with Crippen LogP contribution in [0.15, 0.2) is 10.5 Å². The number of alkyl halides is 1. The summed E-state index contributed by atoms with van der Waals surface area (Å²) in [5, 5.41) is 0. The Hall–Kier alpha value is -1.37. The number of aromatic nitrogens is 1. The molecule has 1 aromatic rings. The zero-order chi connectivity index (χ0) is 18.1. The Morgan fingerprint density at radius 1 is 1.46 bits per heavy atom. The van der Waals surface area contributed by atoms with Crippen LogP contribution in [0, 0.1) is 12.8 Å². The molecular formula is C17H24BrFN2O3. The molecule has 1 aliphatic rings. The normalized spacial score (nSPS) is 21.7. The van der Waals surface area contributed by atoms with Crippen LogP contribution in [0.25, 0.3) is 0 Å². The largest absolute Gasteiger partial charge is 0.444 e. The number of halogens is 2. The molecule has 24 heavy (non-hydrogen) atoms. The first kappa shape index (κ1) is 19.0. The molecule has 2 rings (SSSR count). The number of carbonyl (C=O) groups is 2. The van der Waals surface area contributed by atoms with Crippen molar-refractivity contribution in [2.24, 2.45) is 5.92 Å². The molecule has 2 atom stereocenters. The van der Waals surface area contributed by atoms with Gasteiger partial charge in [-0.2, -0.15) is 0 Å². The predicted molar refractivity (Wildman–Crippen MR) is 93.0 cm³/mol. The van der Waals surface area contributed by atoms with E-state index in [2.05, 4.69) is 20.9 Å². The Morgan fingerprint density at radius 3 is 2.62 bits per heavy atom. The van der Waals surface area contributed by atoms with Crippen molar-refractivity contribution in [1.29, 1.82) is 0 Å². The number of likely N-dealkylation sites (tertiary alicyclic amines) is 1. The highest BCUT2D eigenvalue weighted by Gasteiger charge is 2.34. The smallest absolute Gasteiger partial charge is 0.410 e. The van der Waals surface area contributed by atoms with Crippen molar-refractivity contribution in [3.8, 4) is 0 Å². The Morgan fingerprint density at radius 2 is 2.12 bits per heavy atom. The van der Waals surface area contributed by atoms with E-state index in [1.807, 2.05) is 6.92 Å². The maximum atomic E-state index is 14.4. The third-order valence-electron chi connectivity index (χ3n) is 4.03. The lowest BCUT2D eigenvalue weighted by molar-refractivity contribution is 0.00516. The first-order valence-electron chi connectivity index (χ1n) is 8.07. The highest BCUT2D eigenvalue weighted by molar-refractivity contribution is 9.10. The Bertz CT molecular complexity index is 604. The molecule has 2 heterocycles. The molecule has 7 heteroatoms. The first-order valence-corrected chi connectivity index (χ1v) is 8.86. The molecule has 0 radical (unpaired) electrons. The Balaban J connectivity index is 1.91. The summed E-state index contributed by atoms with van der Waals surface area (Å²) in [5.74, 6) is -0.485. The number of nitrogens with zero attached hydrogens (tertiary/aromatic N) is 1. The minimum absolute atomic E-state index is 0.0275. The van der Waals surface area contributed by atoms with Crippen LogP contribution in [-0.2, 0) is 4.74 Å². The molecule has 1 N–H and O–H groups in total. The molecule has 1 aliphatic heterocycles. The van der Waals surface area contributed by atoms with Gasteiger partial charge in [0.15, 0.2) is 5.78 Å². The third kappa shape index (κ3) is 4.82. The van der Waals surface area contributed by atoms with Crippen molar-refractivity contribution in [2.45, 2.75) is 52.3 Å². The summed E-state index contributed by atoms with van der Waals surface area (Å²) in [7, 11) is 0. The summed E-state index contributed by atoms with van der Waals surface area (Å²) in [6, 6.07) is 1.72. The lowest BCUT2D eigenvalue weighted by atomic mass is 9.89. The minimum atomic E-state index is -1.23. The SMILES string of the molecule is Cc1[nH]c(C(=O)C[C@@H]2CCN(C(=O)OC(C)(C)C)C[C@@H]2F)cc1Br. The van der Waals surface area contributed by atoms with Gasteiger partial charge >= 0.3 is 6.09 Å². The van der Waals surface area contributed by atoms with E-state index in [4.69, 9.17) is 4.74 Å². The Kier molecular flexibility index (Phi) is 5.73. The van der Waals surface area contributed by atoms with Gasteiger partial charge in [0.25, 0.3) is 0 Å². The molecular weight excluding hydrogens is 379 g/mol. The molecule has 0 aliphatic carbocycles. The van der Waals surface area contributed by atoms with Crippen LogP contribution in [0.4, 0.5) is 9.18 Å². The van der Waals surface area contributed by atoms with Crippen molar-refractivity contribution in [3.05, 3.63) is 21.9 Å². The fourth-order valence-corrected chi connectivity index (χ4v) is 3.03. The predicted octanol–water partition coefficient (Wildman–Crippen LogP) is 4.25. The zero-order valence-corrected chi connectivity index (χ0v) is 16.1. The van der Waals surface area contributed by atoms with E-state index < -0.39 is 17.9 Å². The second-order valence-electron chi connectivity index (χ2n) is 7.27. The lowest BCUT2D eigenvalue weighted by Crippen LogP contribution is -2.47. The minimum Gasteiger partial charge on any atom is -0.444 e. The maximum absolute atomic E-state index is 14.4. The molecule has 1 saturated heterocycles. The molecule has 1 amide bonds. The standard InChI is InChI=1S/C17H24BrFN2O3/c1-10-12(18)8-14(20-10)15(22)7-11-5-6-21(9-13(11)19)16(23)24-17(2,3)4/h8,11,13,20H,5-7,9H2,1-4H3/t11-,13-/m0/s1. The monoisotopic (exact) mass is 402 g/mol. The lowest BCUT2D eigenvalue weighted by Gasteiger charge is -2.35. The van der Waals surface area contributed by atoms with Crippen molar-refractivity contribution in [2.75, 3.05) is 13.1 Å². The number of H-pyrrole nitrogens is 1. The molecule has 1 fully saturated rings. The number of ether oxygens (including phenoxy) is 1. The van der Waals surface area contributed by atoms with Crippen molar-refractivity contribution in [3.63, 3.8) is 0 Å². The molecule has 0 aromatic carbocycles. The van der Waals surface area contributed by atoms with Crippen LogP contribution in [0.1, 0.15) is 49.8 Å². The van der Waals surface area contributed by atoms with E-state index in [9.17, 15) is 14.0 Å². The molecule has 0 spiro atoms. The number of piperidine rings is 1. The van der Waals surface area contributed by atoms with E-state index in [-0.39, 0.29) is 24.7 Å². The number of rotatable bonds is 3. The van der Waals surface area contributed by atoms with Crippen LogP contribution in [-0.4, -0.2) is 46.6 Å². The average molecular weight is 403 g/mol. The number of amides is 1. The van der Waals surface area contributed by atoms with Gasteiger partial charge in [-0.05, 0) is 56.1 Å². The van der Waals surface area contributed by atoms with Gasteiger partial charge in [0.2, 0.25) is 0 Å². The maximum Gasteiger partial charge on any atom is 0.410 e. The first-order chi connectivity index (χ1) is 11.1. The van der Waals surface area contributed by atoms with Gasteiger partial charge in [-0.25, -0.2) is 9.18 Å². The van der Waals surface area contributed by atoms with Gasteiger partial charge in [0.05, 0.1) is 12.2 Å². The van der Waals surface area contributed by atoms with Gasteiger partial charge in [-0.15, -0.1) is 0 Å². The van der Waals surface area contributed by atoms with Crippen LogP contribution >= 0.6 is 15.9 Å². The number of carbonyl (C=O) groups excluding carboxylic acids is 2. The summed E-state index contributed by atoms with van der Waals surface area (Å²) < 4.78 is 20.5. The summed E-state index contributed by atoms with van der Waals surface area (Å²) >= 11 is 3.35. The summed E-state index contributed by atoms with van der Waals surface area (Å²) in [6.07, 6.45) is -1.14. The number of hydrogen-bond donors (Lipinski definition) is 1. The van der Waals surface area contributed by atoms with Gasteiger partial charge < -0.3 is 14.6 Å². The van der Waals surface area contributed by atoms with Crippen molar-refractivity contribution >= 4 is 27.8 Å². The average Bonchev–Trinajstić information content (AvgIpc) is 2.79. The number of hydrogen-bond acceptors (Lipinski definition) is 3. The fourth-order valence-electron chi connectivity index (χ4n) is 2.71. The van der Waals surface area contributed by atoms with Gasteiger partial charge in [-0.1, -0.05) is 0 Å². The van der Waals surface area contributed by atoms with Crippen molar-refractivity contribution < 1.29 is 18.7 Å². The zero-order valence-electron chi connectivity index (χ0n) is 14.5. The van der Waals surface area contributed by atoms with E-state index >= 15 is 0 Å². The van der Waals surface area contributed by atoms with Crippen LogP contribution in [0.5, 0.6) is 0 Å². The number of Topliss-reactive ketones (excluding diaryl/α,β-unsaturated/α-hetero) is 1. The van der Waals surface area contributed by atoms with Gasteiger partial charge in [0, 0.05) is 29.1 Å². The molecule has 1 aromatic heterocycles. The van der Waals surface area contributed by atoms with E-state index in [0.29, 0.717) is 18.7 Å². The molecule has 5 nitrogen and oxygen atoms in total. The van der Waals surface area contributed by atoms with Crippen LogP contribution < -0.4 is 0 Å². The van der Waals surface area contributed by atoms with Gasteiger partial charge in [0.1, 0.15) is 11.8 Å². The molecule has 0 bridgehead atoms. The highest BCUT2D eigenvalue weighted by atomic mass is 79.9. The van der Waals surface area contributed by atoms with Gasteiger partial charge in [-0.3, -0.25) is 4.79 Å². The molecule has 0 saturated carbocycles. The quantitative estimate of drug-likeness (QED) is 0.768. The Labute approximate surface area is 150 Å². The summed E-state index contributed by atoms with van der Waals surface area (Å²) in [4.78, 5) is 28.7. The summed E-state index contributed by atoms with van der Waals surface area (Å²) in [6.45, 7) is 7.57. The topological polar surface area (TPSA) is 62.4 Å². The molecule has 0 unspecified atom stereocenters. The fraction of sp³-hybridized carbons (Fsp3) is 0.647. The number of aryl methyl sites for hydroxylation is 1. The second-order valence-corrected chi connectivity index (χ2v) is 8.13. The number of ketones is 1. The summed E-state index contributed by atoms with van der Waals surface area (Å²) in [5.41, 5.74) is 0.755. The highest BCUT2D eigenvalue weighted by Crippen LogP contribution is 2.27. The van der Waals surface area contributed by atoms with E-state index in [0.717, 1.165) is 10.2 Å². The second kappa shape index (κ2) is 7.25. The van der Waals surface area contributed by atoms with Crippen molar-refractivity contribution in [1.82, 2.24) is 9.88 Å². The van der Waals surface area contributed by atoms with Crippen LogP contribution in [0.3, 0.4) is 0 Å². The van der Waals surface area contributed by atoms with E-state index in [1.165, 1.54) is 4.90 Å². The van der Waals surface area contributed by atoms with Crippen LogP contribution in [0.2, 0.25) is 0 Å². The van der Waals surface area contributed by atoms with E-state index in [1.54, 1.807) is 26.8 Å². The number of aromatic amines is 1. The third-order valence-corrected chi connectivity index (χ3v) is 4.85. The number of nitrogens with one attached hydrogen (secondary N) is 1. The molecule has 134 valence electrons.